The SMILES string of the molecule is COc1ccc(NC(N)=NCCCN2CCCC(C)C2)cc1Cl. The number of hydrogen-bond donors (Lipinski definition) is 2. The maximum Gasteiger partial charge on any atom is 0.193 e. The number of benzene rings is 1. The van der Waals surface area contributed by atoms with Gasteiger partial charge in [-0.15, -0.1) is 0 Å². The number of anilines is 1. The molecule has 0 amide bonds. The van der Waals surface area contributed by atoms with E-state index in [4.69, 9.17) is 22.1 Å². The molecule has 1 aliphatic heterocycles. The molecule has 1 saturated heterocycles. The predicted molar refractivity (Wildman–Crippen MR) is 97.6 cm³/mol. The summed E-state index contributed by atoms with van der Waals surface area (Å²) in [4.78, 5) is 6.90. The number of nitrogens with one attached hydrogen (secondary N) is 1. The number of halogens is 1. The molecule has 0 aromatic heterocycles. The van der Waals surface area contributed by atoms with Crippen molar-refractivity contribution in [2.24, 2.45) is 16.6 Å². The highest BCUT2D eigenvalue weighted by atomic mass is 35.5. The molecule has 1 atom stereocenters. The third-order valence-corrected chi connectivity index (χ3v) is 4.38. The molecule has 3 N–H and O–H groups in total. The topological polar surface area (TPSA) is 62.9 Å². The van der Waals surface area contributed by atoms with E-state index >= 15 is 0 Å². The third-order valence-electron chi connectivity index (χ3n) is 4.08. The van der Waals surface area contributed by atoms with Crippen LogP contribution in [0.2, 0.25) is 5.02 Å². The van der Waals surface area contributed by atoms with E-state index < -0.39 is 0 Å². The predicted octanol–water partition coefficient (Wildman–Crippen LogP) is 3.20. The number of nitrogens with zero attached hydrogens (tertiary/aromatic N) is 2. The van der Waals surface area contributed by atoms with Crippen molar-refractivity contribution in [1.29, 1.82) is 0 Å². The molecule has 2 rings (SSSR count). The van der Waals surface area contributed by atoms with Gasteiger partial charge in [0.05, 0.1) is 12.1 Å². The van der Waals surface area contributed by atoms with Crippen LogP contribution in [0.15, 0.2) is 23.2 Å². The van der Waals surface area contributed by atoms with Crippen molar-refractivity contribution >= 4 is 23.2 Å². The molecule has 1 aromatic carbocycles. The molecule has 23 heavy (non-hydrogen) atoms. The van der Waals surface area contributed by atoms with Gasteiger partial charge in [-0.25, -0.2) is 0 Å². The van der Waals surface area contributed by atoms with Crippen LogP contribution in [0, 0.1) is 5.92 Å². The lowest BCUT2D eigenvalue weighted by Crippen LogP contribution is -2.35. The van der Waals surface area contributed by atoms with Gasteiger partial charge in [0, 0.05) is 18.8 Å². The van der Waals surface area contributed by atoms with Crippen molar-refractivity contribution in [3.8, 4) is 5.75 Å². The van der Waals surface area contributed by atoms with Crippen LogP contribution >= 0.6 is 11.6 Å². The second-order valence-corrected chi connectivity index (χ2v) is 6.55. The number of methoxy groups -OCH3 is 1. The van der Waals surface area contributed by atoms with Gasteiger partial charge in [-0.2, -0.15) is 0 Å². The fourth-order valence-corrected chi connectivity index (χ4v) is 3.17. The number of rotatable bonds is 6. The summed E-state index contributed by atoms with van der Waals surface area (Å²) in [7, 11) is 1.59. The summed E-state index contributed by atoms with van der Waals surface area (Å²) in [5, 5.41) is 3.60. The van der Waals surface area contributed by atoms with E-state index in [1.165, 1.54) is 25.9 Å². The van der Waals surface area contributed by atoms with Crippen molar-refractivity contribution in [1.82, 2.24) is 4.90 Å². The van der Waals surface area contributed by atoms with Crippen LogP contribution in [-0.4, -0.2) is 44.1 Å². The first kappa shape index (κ1) is 17.9. The summed E-state index contributed by atoms with van der Waals surface area (Å²) >= 11 is 6.09. The van der Waals surface area contributed by atoms with Crippen molar-refractivity contribution in [3.63, 3.8) is 0 Å². The zero-order valence-corrected chi connectivity index (χ0v) is 14.8. The minimum atomic E-state index is 0.415. The molecule has 1 aliphatic rings. The second-order valence-electron chi connectivity index (χ2n) is 6.14. The molecule has 5 nitrogen and oxygen atoms in total. The Kier molecular flexibility index (Phi) is 6.99. The van der Waals surface area contributed by atoms with E-state index in [9.17, 15) is 0 Å². The summed E-state index contributed by atoms with van der Waals surface area (Å²) in [6.07, 6.45) is 3.70. The standard InChI is InChI=1S/C17H27ClN4O/c1-13-5-3-9-22(12-13)10-4-8-20-17(19)21-14-6-7-16(23-2)15(18)11-14/h6-7,11,13H,3-5,8-10,12H2,1-2H3,(H3,19,20,21). The molecule has 0 radical (unpaired) electrons. The van der Waals surface area contributed by atoms with E-state index in [1.54, 1.807) is 19.2 Å². The Bertz CT molecular complexity index is 535. The molecule has 1 fully saturated rings. The summed E-state index contributed by atoms with van der Waals surface area (Å²) < 4.78 is 5.12. The highest BCUT2D eigenvalue weighted by Crippen LogP contribution is 2.27. The largest absolute Gasteiger partial charge is 0.495 e. The zero-order valence-electron chi connectivity index (χ0n) is 14.0. The number of likely N-dealkylation sites (tertiary alicyclic amines) is 1. The number of ether oxygens (including phenoxy) is 1. The second kappa shape index (κ2) is 8.99. The zero-order chi connectivity index (χ0) is 16.7. The van der Waals surface area contributed by atoms with Crippen LogP contribution in [0.3, 0.4) is 0 Å². The van der Waals surface area contributed by atoms with E-state index in [-0.39, 0.29) is 0 Å². The van der Waals surface area contributed by atoms with Crippen LogP contribution in [-0.2, 0) is 0 Å². The fourth-order valence-electron chi connectivity index (χ4n) is 2.92. The van der Waals surface area contributed by atoms with Gasteiger partial charge in [-0.3, -0.25) is 4.99 Å². The average Bonchev–Trinajstić information content (AvgIpc) is 2.52. The van der Waals surface area contributed by atoms with Crippen LogP contribution < -0.4 is 15.8 Å². The van der Waals surface area contributed by atoms with Crippen LogP contribution in [0.25, 0.3) is 0 Å². The molecular weight excluding hydrogens is 312 g/mol. The van der Waals surface area contributed by atoms with E-state index in [0.29, 0.717) is 16.7 Å². The van der Waals surface area contributed by atoms with Crippen LogP contribution in [0.5, 0.6) is 5.75 Å². The quantitative estimate of drug-likeness (QED) is 0.475. The maximum absolute atomic E-state index is 6.09. The van der Waals surface area contributed by atoms with Crippen molar-refractivity contribution in [3.05, 3.63) is 23.2 Å². The molecule has 0 saturated carbocycles. The Balaban J connectivity index is 1.73. The van der Waals surface area contributed by atoms with Gasteiger partial charge in [-0.1, -0.05) is 18.5 Å². The van der Waals surface area contributed by atoms with Gasteiger partial charge in [0.25, 0.3) is 0 Å². The number of hydrogen-bond acceptors (Lipinski definition) is 3. The minimum Gasteiger partial charge on any atom is -0.495 e. The maximum atomic E-state index is 6.09. The van der Waals surface area contributed by atoms with Gasteiger partial charge in [0.1, 0.15) is 5.75 Å². The number of guanidine groups is 1. The number of aliphatic imine (C=N–C) groups is 1. The van der Waals surface area contributed by atoms with E-state index in [0.717, 1.165) is 31.1 Å². The monoisotopic (exact) mass is 338 g/mol. The summed E-state index contributed by atoms with van der Waals surface area (Å²) in [5.41, 5.74) is 6.73. The molecule has 0 spiro atoms. The third kappa shape index (κ3) is 5.92. The van der Waals surface area contributed by atoms with Gasteiger partial charge in [0.2, 0.25) is 0 Å². The molecule has 1 heterocycles. The van der Waals surface area contributed by atoms with Crippen LogP contribution in [0.1, 0.15) is 26.2 Å². The van der Waals surface area contributed by atoms with Crippen molar-refractivity contribution in [2.45, 2.75) is 26.2 Å². The van der Waals surface area contributed by atoms with Gasteiger partial charge >= 0.3 is 0 Å². The Hall–Kier alpha value is -1.46. The molecule has 128 valence electrons. The fraction of sp³-hybridized carbons (Fsp3) is 0.588. The lowest BCUT2D eigenvalue weighted by atomic mass is 10.0. The lowest BCUT2D eigenvalue weighted by Gasteiger charge is -2.30. The summed E-state index contributed by atoms with van der Waals surface area (Å²) in [6.45, 7) is 6.57. The first-order valence-electron chi connectivity index (χ1n) is 8.21. The molecule has 6 heteroatoms. The Morgan fingerprint density at radius 1 is 1.52 bits per heavy atom. The molecule has 1 unspecified atom stereocenters. The smallest absolute Gasteiger partial charge is 0.193 e. The highest BCUT2D eigenvalue weighted by molar-refractivity contribution is 6.32. The molecular formula is C17H27ClN4O. The van der Waals surface area contributed by atoms with Gasteiger partial charge in [-0.05, 0) is 56.5 Å². The lowest BCUT2D eigenvalue weighted by molar-refractivity contribution is 0.183. The molecule has 1 aromatic rings. The van der Waals surface area contributed by atoms with Crippen molar-refractivity contribution < 1.29 is 4.74 Å². The Labute approximate surface area is 143 Å². The molecule has 0 bridgehead atoms. The summed E-state index contributed by atoms with van der Waals surface area (Å²) in [6, 6.07) is 5.44. The van der Waals surface area contributed by atoms with Gasteiger partial charge in [0.15, 0.2) is 5.96 Å². The van der Waals surface area contributed by atoms with E-state index in [1.807, 2.05) is 6.07 Å². The number of piperidine rings is 1. The highest BCUT2D eigenvalue weighted by Gasteiger charge is 2.15. The molecule has 0 aliphatic carbocycles. The van der Waals surface area contributed by atoms with E-state index in [2.05, 4.69) is 22.1 Å². The minimum absolute atomic E-state index is 0.415. The Morgan fingerprint density at radius 3 is 3.04 bits per heavy atom. The average molecular weight is 339 g/mol. The van der Waals surface area contributed by atoms with Crippen molar-refractivity contribution in [2.75, 3.05) is 38.6 Å². The first-order valence-corrected chi connectivity index (χ1v) is 8.59. The Morgan fingerprint density at radius 2 is 2.35 bits per heavy atom. The van der Waals surface area contributed by atoms with Crippen LogP contribution in [0.4, 0.5) is 5.69 Å². The normalized spacial score (nSPS) is 19.6. The summed E-state index contributed by atoms with van der Waals surface area (Å²) in [5.74, 6) is 1.88. The number of nitrogens with two attached hydrogens (primary N) is 1. The first-order chi connectivity index (χ1) is 11.1. The van der Waals surface area contributed by atoms with Gasteiger partial charge < -0.3 is 20.7 Å².